The Morgan fingerprint density at radius 1 is 0.660 bits per heavy atom. The molecule has 1 saturated heterocycles. The fourth-order valence-corrected chi connectivity index (χ4v) is 6.21. The minimum absolute atomic E-state index is 0.255. The number of carbonyl (C=O) groups is 5. The highest BCUT2D eigenvalue weighted by atomic mass is 16.7. The van der Waals surface area contributed by atoms with Crippen LogP contribution in [0.5, 0.6) is 0 Å². The van der Waals surface area contributed by atoms with Crippen molar-refractivity contribution in [1.82, 2.24) is 5.32 Å². The first-order valence-electron chi connectivity index (χ1n) is 20.0. The first-order valence-corrected chi connectivity index (χ1v) is 20.0. The summed E-state index contributed by atoms with van der Waals surface area (Å²) in [6.45, 7) is 8.26. The molecule has 1 fully saturated rings. The van der Waals surface area contributed by atoms with Crippen LogP contribution in [0, 0.1) is 0 Å². The van der Waals surface area contributed by atoms with Gasteiger partial charge in [-0.3, -0.25) is 24.0 Å². The van der Waals surface area contributed by atoms with Crippen LogP contribution >= 0.6 is 0 Å². The van der Waals surface area contributed by atoms with E-state index in [0.717, 1.165) is 65.7 Å². The van der Waals surface area contributed by atoms with Gasteiger partial charge in [0.05, 0.1) is 18.8 Å². The summed E-state index contributed by atoms with van der Waals surface area (Å²) in [7, 11) is 0. The number of allylic oxidation sites excluding steroid dienone is 1. The van der Waals surface area contributed by atoms with Gasteiger partial charge in [-0.05, 0) is 19.3 Å². The van der Waals surface area contributed by atoms with Crippen LogP contribution in [-0.4, -0.2) is 91.0 Å². The molecule has 0 bridgehead atoms. The Labute approximate surface area is 317 Å². The summed E-state index contributed by atoms with van der Waals surface area (Å²) in [6.07, 6.45) is 15.1. The van der Waals surface area contributed by atoms with Crippen molar-refractivity contribution >= 4 is 29.8 Å². The third kappa shape index (κ3) is 22.7. The molecule has 0 aromatic rings. The van der Waals surface area contributed by atoms with Crippen LogP contribution in [0.4, 0.5) is 0 Å². The first kappa shape index (κ1) is 48.0. The molecule has 13 nitrogen and oxygen atoms in total. The van der Waals surface area contributed by atoms with Crippen molar-refractivity contribution in [2.75, 3.05) is 13.2 Å². The van der Waals surface area contributed by atoms with Gasteiger partial charge in [0.2, 0.25) is 5.91 Å². The summed E-state index contributed by atoms with van der Waals surface area (Å²) in [5.41, 5.74) is 0. The van der Waals surface area contributed by atoms with E-state index in [4.69, 9.17) is 28.4 Å². The van der Waals surface area contributed by atoms with Gasteiger partial charge in [-0.1, -0.05) is 116 Å². The molecule has 0 saturated carbocycles. The molecule has 1 aliphatic rings. The van der Waals surface area contributed by atoms with Crippen LogP contribution < -0.4 is 5.32 Å². The van der Waals surface area contributed by atoms with E-state index >= 15 is 0 Å². The van der Waals surface area contributed by atoms with Gasteiger partial charge in [0.15, 0.2) is 24.6 Å². The van der Waals surface area contributed by atoms with Gasteiger partial charge in [0.1, 0.15) is 12.7 Å². The van der Waals surface area contributed by atoms with Crippen LogP contribution in [0.15, 0.2) is 12.2 Å². The Morgan fingerprint density at radius 2 is 1.15 bits per heavy atom. The van der Waals surface area contributed by atoms with Crippen LogP contribution in [0.3, 0.4) is 0 Å². The van der Waals surface area contributed by atoms with E-state index in [-0.39, 0.29) is 18.9 Å². The normalized spacial score (nSPS) is 21.1. The highest BCUT2D eigenvalue weighted by Crippen LogP contribution is 2.30. The first-order chi connectivity index (χ1) is 25.4. The summed E-state index contributed by atoms with van der Waals surface area (Å²) in [5.74, 6) is -3.17. The Hall–Kier alpha value is -3.03. The van der Waals surface area contributed by atoms with Gasteiger partial charge in [-0.2, -0.15) is 0 Å². The second-order valence-electron chi connectivity index (χ2n) is 14.0. The van der Waals surface area contributed by atoms with E-state index in [1.54, 1.807) is 6.08 Å². The number of unbranched alkanes of at least 4 members (excludes halogenated alkanes) is 15. The zero-order valence-electron chi connectivity index (χ0n) is 33.3. The largest absolute Gasteiger partial charge is 0.463 e. The van der Waals surface area contributed by atoms with Crippen molar-refractivity contribution in [3.63, 3.8) is 0 Å². The second kappa shape index (κ2) is 29.3. The van der Waals surface area contributed by atoms with Crippen LogP contribution in [0.1, 0.15) is 157 Å². The summed E-state index contributed by atoms with van der Waals surface area (Å²) >= 11 is 0. The maximum absolute atomic E-state index is 13.0. The van der Waals surface area contributed by atoms with Crippen molar-refractivity contribution in [1.29, 1.82) is 0 Å². The smallest absolute Gasteiger partial charge is 0.303 e. The molecule has 1 heterocycles. The van der Waals surface area contributed by atoms with E-state index in [0.29, 0.717) is 6.42 Å². The fourth-order valence-electron chi connectivity index (χ4n) is 6.21. The Morgan fingerprint density at radius 3 is 1.68 bits per heavy atom. The monoisotopic (exact) mass is 755 g/mol. The number of ether oxygens (including phenoxy) is 6. The summed E-state index contributed by atoms with van der Waals surface area (Å²) < 4.78 is 33.6. The van der Waals surface area contributed by atoms with Crippen LogP contribution in [0.2, 0.25) is 0 Å². The number of hydrogen-bond donors (Lipinski definition) is 2. The quantitative estimate of drug-likeness (QED) is 0.0366. The third-order valence-electron chi connectivity index (χ3n) is 8.96. The maximum atomic E-state index is 13.0. The number of aliphatic hydroxyl groups excluding tert-OH is 1. The number of esters is 4. The predicted octanol–water partition coefficient (Wildman–Crippen LogP) is 6.55. The second-order valence-corrected chi connectivity index (χ2v) is 14.0. The predicted molar refractivity (Wildman–Crippen MR) is 199 cm³/mol. The van der Waals surface area contributed by atoms with Gasteiger partial charge in [-0.15, -0.1) is 0 Å². The summed E-state index contributed by atoms with van der Waals surface area (Å²) in [5, 5.41) is 14.1. The number of rotatable bonds is 29. The topological polar surface area (TPSA) is 173 Å². The molecular weight excluding hydrogens is 686 g/mol. The lowest BCUT2D eigenvalue weighted by molar-refractivity contribution is -0.309. The Balaban J connectivity index is 3.04. The van der Waals surface area contributed by atoms with Gasteiger partial charge >= 0.3 is 23.9 Å². The molecule has 2 N–H and O–H groups in total. The molecule has 1 rings (SSSR count). The van der Waals surface area contributed by atoms with Crippen molar-refractivity contribution < 1.29 is 57.5 Å². The van der Waals surface area contributed by atoms with E-state index in [2.05, 4.69) is 19.2 Å². The minimum Gasteiger partial charge on any atom is -0.463 e. The lowest BCUT2D eigenvalue weighted by atomic mass is 9.98. The third-order valence-corrected chi connectivity index (χ3v) is 8.96. The molecule has 53 heavy (non-hydrogen) atoms. The SMILES string of the molecule is CCCCCCCCCCCCCC=C[C@@H](O)[C@H](CO[C@@H]1O[C@H](COC(C)=O)[C@H](OC(C)=O)[C@H](OC(C)=O)[C@H]1OC(C)=O)NC(=O)CCCCCCC. The number of aliphatic hydroxyl groups is 1. The lowest BCUT2D eigenvalue weighted by Crippen LogP contribution is -2.63. The van der Waals surface area contributed by atoms with Crippen LogP contribution in [-0.2, 0) is 52.4 Å². The molecule has 0 radical (unpaired) electrons. The number of hydrogen-bond acceptors (Lipinski definition) is 12. The van der Waals surface area contributed by atoms with Gasteiger partial charge in [-0.25, -0.2) is 0 Å². The van der Waals surface area contributed by atoms with Crippen LogP contribution in [0.25, 0.3) is 0 Å². The zero-order valence-corrected chi connectivity index (χ0v) is 33.3. The number of carbonyl (C=O) groups excluding carboxylic acids is 5. The molecule has 0 aliphatic carbocycles. The lowest BCUT2D eigenvalue weighted by Gasteiger charge is -2.44. The molecule has 1 amide bonds. The standard InChI is InChI=1S/C40H69NO12/c1-7-9-11-13-14-15-16-17-18-19-20-22-23-25-34(46)33(41-36(47)26-24-21-12-10-8-2)27-49-40-39(52-32(6)45)38(51-31(5)44)37(50-30(4)43)35(53-40)28-48-29(3)42/h23,25,33-35,37-40,46H,7-22,24,26-28H2,1-6H3,(H,41,47)/t33-,34+,35+,37-,38-,39+,40+/m0/s1. The minimum atomic E-state index is -1.43. The highest BCUT2D eigenvalue weighted by molar-refractivity contribution is 5.76. The maximum Gasteiger partial charge on any atom is 0.303 e. The van der Waals surface area contributed by atoms with E-state index in [1.165, 1.54) is 64.7 Å². The van der Waals surface area contributed by atoms with Gasteiger partial charge < -0.3 is 38.8 Å². The van der Waals surface area contributed by atoms with Gasteiger partial charge in [0.25, 0.3) is 0 Å². The van der Waals surface area contributed by atoms with Crippen molar-refractivity contribution in [3.8, 4) is 0 Å². The number of nitrogens with one attached hydrogen (secondary N) is 1. The Bertz CT molecular complexity index is 1080. The highest BCUT2D eigenvalue weighted by Gasteiger charge is 2.53. The van der Waals surface area contributed by atoms with E-state index in [9.17, 15) is 29.1 Å². The number of amides is 1. The van der Waals surface area contributed by atoms with Crippen molar-refractivity contribution in [2.24, 2.45) is 0 Å². The molecular formula is C40H69NO12. The molecule has 0 aromatic heterocycles. The molecule has 0 aromatic carbocycles. The zero-order chi connectivity index (χ0) is 39.4. The fraction of sp³-hybridized carbons (Fsp3) is 0.825. The molecule has 13 heteroatoms. The summed E-state index contributed by atoms with van der Waals surface area (Å²) in [6, 6.07) is -0.918. The molecule has 0 spiro atoms. The van der Waals surface area contributed by atoms with E-state index in [1.807, 2.05) is 6.08 Å². The van der Waals surface area contributed by atoms with Gasteiger partial charge in [0, 0.05) is 34.1 Å². The molecule has 306 valence electrons. The average molecular weight is 756 g/mol. The molecule has 1 aliphatic heterocycles. The summed E-state index contributed by atoms with van der Waals surface area (Å²) in [4.78, 5) is 61.1. The van der Waals surface area contributed by atoms with E-state index < -0.39 is 73.3 Å². The average Bonchev–Trinajstić information content (AvgIpc) is 3.09. The van der Waals surface area contributed by atoms with Crippen molar-refractivity contribution in [3.05, 3.63) is 12.2 Å². The Kier molecular flexibility index (Phi) is 26.6. The van der Waals surface area contributed by atoms with Crippen molar-refractivity contribution in [2.45, 2.75) is 200 Å². The molecule has 0 unspecified atom stereocenters. The molecule has 7 atom stereocenters.